The molecule has 6 heteroatoms. The molecular weight excluding hydrogens is 160 g/mol. The van der Waals surface area contributed by atoms with Crippen LogP contribution in [0.2, 0.25) is 0 Å². The largest absolute Gasteiger partial charge is 0.347 e. The van der Waals surface area contributed by atoms with Crippen LogP contribution in [0.15, 0.2) is 12.4 Å². The van der Waals surface area contributed by atoms with Gasteiger partial charge in [0.1, 0.15) is 12.4 Å². The van der Waals surface area contributed by atoms with Crippen LogP contribution in [-0.2, 0) is 0 Å². The van der Waals surface area contributed by atoms with Gasteiger partial charge < -0.3 is 4.90 Å². The standard InChI is InChI=1S/C6H8N4O2/c1-9(2)6-7-3-5(4-8-6)10(11)12/h3-4H,1-2H3. The van der Waals surface area contributed by atoms with Crippen molar-refractivity contribution in [3.8, 4) is 0 Å². The quantitative estimate of drug-likeness (QED) is 0.473. The zero-order chi connectivity index (χ0) is 9.14. The Bertz CT molecular complexity index is 282. The summed E-state index contributed by atoms with van der Waals surface area (Å²) >= 11 is 0. The second-order valence-corrected chi connectivity index (χ2v) is 2.39. The van der Waals surface area contributed by atoms with Crippen molar-refractivity contribution in [3.63, 3.8) is 0 Å². The fraction of sp³-hybridized carbons (Fsp3) is 0.333. The molecular formula is C6H8N4O2. The molecule has 1 aromatic heterocycles. The molecule has 1 rings (SSSR count). The lowest BCUT2D eigenvalue weighted by Crippen LogP contribution is -2.12. The molecule has 0 aliphatic heterocycles. The van der Waals surface area contributed by atoms with Crippen molar-refractivity contribution in [2.45, 2.75) is 0 Å². The van der Waals surface area contributed by atoms with Crippen molar-refractivity contribution < 1.29 is 4.92 Å². The van der Waals surface area contributed by atoms with E-state index >= 15 is 0 Å². The fourth-order valence-corrected chi connectivity index (χ4v) is 0.640. The van der Waals surface area contributed by atoms with Crippen LogP contribution in [-0.4, -0.2) is 29.0 Å². The molecule has 0 fully saturated rings. The van der Waals surface area contributed by atoms with Gasteiger partial charge in [-0.15, -0.1) is 0 Å². The van der Waals surface area contributed by atoms with E-state index in [-0.39, 0.29) is 5.69 Å². The first kappa shape index (κ1) is 8.38. The topological polar surface area (TPSA) is 72.2 Å². The Morgan fingerprint density at radius 3 is 2.25 bits per heavy atom. The number of nitrogens with zero attached hydrogens (tertiary/aromatic N) is 4. The Morgan fingerprint density at radius 2 is 1.92 bits per heavy atom. The maximum absolute atomic E-state index is 10.2. The Labute approximate surface area is 69.0 Å². The van der Waals surface area contributed by atoms with Gasteiger partial charge in [-0.2, -0.15) is 0 Å². The van der Waals surface area contributed by atoms with Crippen molar-refractivity contribution in [2.24, 2.45) is 0 Å². The van der Waals surface area contributed by atoms with Gasteiger partial charge in [0.05, 0.1) is 4.92 Å². The number of anilines is 1. The highest BCUT2D eigenvalue weighted by Gasteiger charge is 2.06. The summed E-state index contributed by atoms with van der Waals surface area (Å²) in [7, 11) is 3.53. The Hall–Kier alpha value is -1.72. The molecule has 0 radical (unpaired) electrons. The molecule has 6 nitrogen and oxygen atoms in total. The van der Waals surface area contributed by atoms with Gasteiger partial charge in [0, 0.05) is 14.1 Å². The van der Waals surface area contributed by atoms with E-state index in [1.165, 1.54) is 12.4 Å². The van der Waals surface area contributed by atoms with Crippen LogP contribution in [0.3, 0.4) is 0 Å². The predicted molar refractivity (Wildman–Crippen MR) is 43.0 cm³/mol. The van der Waals surface area contributed by atoms with E-state index in [0.29, 0.717) is 5.95 Å². The van der Waals surface area contributed by atoms with Gasteiger partial charge in [0.25, 0.3) is 0 Å². The van der Waals surface area contributed by atoms with Crippen LogP contribution in [0.4, 0.5) is 11.6 Å². The second-order valence-electron chi connectivity index (χ2n) is 2.39. The molecule has 12 heavy (non-hydrogen) atoms. The molecule has 0 bridgehead atoms. The number of hydrogen-bond donors (Lipinski definition) is 0. The van der Waals surface area contributed by atoms with Crippen molar-refractivity contribution in [1.29, 1.82) is 0 Å². The molecule has 64 valence electrons. The van der Waals surface area contributed by atoms with E-state index in [1.54, 1.807) is 19.0 Å². The summed E-state index contributed by atoms with van der Waals surface area (Å²) in [5, 5.41) is 10.2. The fourth-order valence-electron chi connectivity index (χ4n) is 0.640. The monoisotopic (exact) mass is 168 g/mol. The summed E-state index contributed by atoms with van der Waals surface area (Å²) in [5.74, 6) is 0.459. The normalized spacial score (nSPS) is 9.50. The first-order valence-electron chi connectivity index (χ1n) is 3.25. The van der Waals surface area contributed by atoms with Gasteiger partial charge in [-0.1, -0.05) is 0 Å². The minimum absolute atomic E-state index is 0.0967. The Balaban J connectivity index is 2.93. The molecule has 0 unspecified atom stereocenters. The highest BCUT2D eigenvalue weighted by Crippen LogP contribution is 2.08. The minimum Gasteiger partial charge on any atom is -0.347 e. The number of aromatic nitrogens is 2. The van der Waals surface area contributed by atoms with Crippen molar-refractivity contribution in [1.82, 2.24) is 9.97 Å². The van der Waals surface area contributed by atoms with Crippen LogP contribution in [0, 0.1) is 10.1 Å². The van der Waals surface area contributed by atoms with E-state index in [1.807, 2.05) is 0 Å². The van der Waals surface area contributed by atoms with Crippen molar-refractivity contribution in [3.05, 3.63) is 22.5 Å². The molecule has 0 atom stereocenters. The zero-order valence-corrected chi connectivity index (χ0v) is 6.76. The molecule has 0 spiro atoms. The SMILES string of the molecule is CN(C)c1ncc([N+](=O)[O-])cn1. The summed E-state index contributed by atoms with van der Waals surface area (Å²) in [5.41, 5.74) is -0.0967. The highest BCUT2D eigenvalue weighted by molar-refractivity contribution is 5.31. The third-order valence-corrected chi connectivity index (χ3v) is 1.24. The molecule has 1 aromatic rings. The first-order valence-corrected chi connectivity index (χ1v) is 3.25. The summed E-state index contributed by atoms with van der Waals surface area (Å²) in [6.45, 7) is 0. The molecule has 0 N–H and O–H groups in total. The number of rotatable bonds is 2. The van der Waals surface area contributed by atoms with Crippen LogP contribution >= 0.6 is 0 Å². The molecule has 1 heterocycles. The van der Waals surface area contributed by atoms with E-state index in [0.717, 1.165) is 0 Å². The third-order valence-electron chi connectivity index (χ3n) is 1.24. The number of hydrogen-bond acceptors (Lipinski definition) is 5. The molecule has 0 aliphatic rings. The summed E-state index contributed by atoms with van der Waals surface area (Å²) in [6, 6.07) is 0. The highest BCUT2D eigenvalue weighted by atomic mass is 16.6. The van der Waals surface area contributed by atoms with Crippen LogP contribution in [0.25, 0.3) is 0 Å². The maximum atomic E-state index is 10.2. The van der Waals surface area contributed by atoms with Gasteiger partial charge >= 0.3 is 5.69 Å². The van der Waals surface area contributed by atoms with Crippen LogP contribution in [0.5, 0.6) is 0 Å². The van der Waals surface area contributed by atoms with Crippen molar-refractivity contribution >= 4 is 11.6 Å². The number of nitro groups is 1. The molecule has 0 amide bonds. The molecule has 0 saturated carbocycles. The lowest BCUT2D eigenvalue weighted by Gasteiger charge is -2.07. The van der Waals surface area contributed by atoms with E-state index < -0.39 is 4.92 Å². The predicted octanol–water partition coefficient (Wildman–Crippen LogP) is 0.451. The van der Waals surface area contributed by atoms with Gasteiger partial charge in [0.15, 0.2) is 0 Å². The summed E-state index contributed by atoms with van der Waals surface area (Å²) in [6.07, 6.45) is 2.37. The Kier molecular flexibility index (Phi) is 2.18. The average molecular weight is 168 g/mol. The van der Waals surface area contributed by atoms with Gasteiger partial charge in [0.2, 0.25) is 5.95 Å². The smallest absolute Gasteiger partial charge is 0.305 e. The maximum Gasteiger partial charge on any atom is 0.305 e. The van der Waals surface area contributed by atoms with E-state index in [2.05, 4.69) is 9.97 Å². The lowest BCUT2D eigenvalue weighted by molar-refractivity contribution is -0.385. The molecule has 0 saturated heterocycles. The van der Waals surface area contributed by atoms with Crippen LogP contribution in [0.1, 0.15) is 0 Å². The van der Waals surface area contributed by atoms with Gasteiger partial charge in [-0.05, 0) is 0 Å². The van der Waals surface area contributed by atoms with Crippen molar-refractivity contribution in [2.75, 3.05) is 19.0 Å². The minimum atomic E-state index is -0.528. The van der Waals surface area contributed by atoms with E-state index in [9.17, 15) is 10.1 Å². The summed E-state index contributed by atoms with van der Waals surface area (Å²) < 4.78 is 0. The van der Waals surface area contributed by atoms with E-state index in [4.69, 9.17) is 0 Å². The lowest BCUT2D eigenvalue weighted by atomic mass is 10.5. The summed E-state index contributed by atoms with van der Waals surface area (Å²) in [4.78, 5) is 18.9. The zero-order valence-electron chi connectivity index (χ0n) is 6.76. The molecule has 0 aliphatic carbocycles. The Morgan fingerprint density at radius 1 is 1.42 bits per heavy atom. The van der Waals surface area contributed by atoms with Crippen LogP contribution < -0.4 is 4.90 Å². The third kappa shape index (κ3) is 1.66. The average Bonchev–Trinajstić information content (AvgIpc) is 2.04. The molecule has 0 aromatic carbocycles. The second kappa shape index (κ2) is 3.12. The van der Waals surface area contributed by atoms with Gasteiger partial charge in [-0.3, -0.25) is 10.1 Å². The van der Waals surface area contributed by atoms with Gasteiger partial charge in [-0.25, -0.2) is 9.97 Å². The first-order chi connectivity index (χ1) is 5.61.